The van der Waals surface area contributed by atoms with E-state index in [1.165, 1.54) is 63.3 Å². The molecule has 0 fully saturated rings. The Morgan fingerprint density at radius 1 is 0.597 bits per heavy atom. The van der Waals surface area contributed by atoms with Crippen LogP contribution in [0.2, 0.25) is 0 Å². The van der Waals surface area contributed by atoms with Gasteiger partial charge in [0.1, 0.15) is 0 Å². The molecule has 4 heterocycles. The van der Waals surface area contributed by atoms with E-state index >= 15 is 0 Å². The van der Waals surface area contributed by atoms with Crippen LogP contribution in [0.3, 0.4) is 0 Å². The van der Waals surface area contributed by atoms with Crippen molar-refractivity contribution in [3.63, 3.8) is 0 Å². The van der Waals surface area contributed by atoms with E-state index in [1.807, 2.05) is 62.4 Å². The second kappa shape index (κ2) is 16.1. The summed E-state index contributed by atoms with van der Waals surface area (Å²) in [7, 11) is 0. The molecular formula is C57H41IrN3S-2. The number of nitrogens with zero attached hydrogens (tertiary/aromatic N) is 3. The van der Waals surface area contributed by atoms with Crippen molar-refractivity contribution in [2.45, 2.75) is 27.1 Å². The Labute approximate surface area is 381 Å². The molecule has 8 aromatic carbocycles. The van der Waals surface area contributed by atoms with Crippen molar-refractivity contribution in [3.8, 4) is 22.6 Å². The van der Waals surface area contributed by atoms with Crippen LogP contribution >= 0.6 is 11.3 Å². The fourth-order valence-electron chi connectivity index (χ4n) is 8.78. The standard InChI is InChI=1S/C41H23N2S.C16H18N.Ir/c1-2-12-26-24-38-35(23-25(26)11-1)33-19-9-20-34(40(33)44-38)41-42-36-21-10-18-32-30-16-6-4-14-28(30)27-13-3-5-15-29(27)31-17-7-8-22-37(31)43(41)39(32)36;1-16(2,3)12-13-9-10-17-15(11-13)14-7-5-4-6-8-14;/h1-19,21-24H;4-7,9-11H,12H2,1-3H3;/q2*-1;/i;12D2;. The largest absolute Gasteiger partial charge is 0.332 e. The van der Waals surface area contributed by atoms with E-state index < -0.39 is 11.8 Å². The molecule has 0 saturated heterocycles. The van der Waals surface area contributed by atoms with E-state index in [9.17, 15) is 0 Å². The molecule has 12 rings (SSSR count). The zero-order chi connectivity index (χ0) is 42.9. The van der Waals surface area contributed by atoms with Crippen LogP contribution < -0.4 is 0 Å². The van der Waals surface area contributed by atoms with E-state index in [2.05, 4.69) is 161 Å². The summed E-state index contributed by atoms with van der Waals surface area (Å²) in [6.45, 7) is 5.71. The Kier molecular flexibility index (Phi) is 9.67. The maximum absolute atomic E-state index is 8.31. The third-order valence-corrected chi connectivity index (χ3v) is 12.5. The van der Waals surface area contributed by atoms with Crippen LogP contribution in [0, 0.1) is 17.5 Å². The Balaban J connectivity index is 0.000000205. The van der Waals surface area contributed by atoms with Crippen LogP contribution in [-0.2, 0) is 26.5 Å². The van der Waals surface area contributed by atoms with Crippen LogP contribution in [0.1, 0.15) is 29.1 Å². The van der Waals surface area contributed by atoms with Crippen molar-refractivity contribution in [2.75, 3.05) is 0 Å². The van der Waals surface area contributed by atoms with Gasteiger partial charge in [0.05, 0.1) is 16.9 Å². The minimum atomic E-state index is -1.40. The summed E-state index contributed by atoms with van der Waals surface area (Å²) >= 11 is 1.84. The van der Waals surface area contributed by atoms with Gasteiger partial charge in [0.2, 0.25) is 0 Å². The van der Waals surface area contributed by atoms with Crippen LogP contribution in [0.25, 0.3) is 102 Å². The Morgan fingerprint density at radius 2 is 1.24 bits per heavy atom. The summed E-state index contributed by atoms with van der Waals surface area (Å²) in [6.07, 6.45) is 0.258. The second-order valence-electron chi connectivity index (χ2n) is 16.5. The van der Waals surface area contributed by atoms with Crippen molar-refractivity contribution in [1.29, 1.82) is 0 Å². The van der Waals surface area contributed by atoms with Gasteiger partial charge in [-0.15, -0.1) is 54.1 Å². The first-order valence-corrected chi connectivity index (χ1v) is 21.5. The van der Waals surface area contributed by atoms with Gasteiger partial charge in [-0.1, -0.05) is 146 Å². The minimum Gasteiger partial charge on any atom is -0.332 e. The monoisotopic (exact) mass is 994 g/mol. The molecule has 0 aliphatic heterocycles. The summed E-state index contributed by atoms with van der Waals surface area (Å²) in [5.74, 6) is 0.915. The predicted octanol–water partition coefficient (Wildman–Crippen LogP) is 15.6. The number of fused-ring (bicyclic) bond motifs is 11. The zero-order valence-corrected chi connectivity index (χ0v) is 37.6. The number of pyridine rings is 1. The average Bonchev–Trinajstić information content (AvgIpc) is 3.90. The van der Waals surface area contributed by atoms with E-state index in [-0.39, 0.29) is 20.1 Å². The van der Waals surface area contributed by atoms with Gasteiger partial charge in [0.25, 0.3) is 0 Å². The van der Waals surface area contributed by atoms with E-state index in [1.54, 1.807) is 12.3 Å². The maximum Gasteiger partial charge on any atom is 0.0780 e. The molecule has 12 aromatic rings. The average molecular weight is 994 g/mol. The van der Waals surface area contributed by atoms with Gasteiger partial charge in [-0.25, -0.2) is 0 Å². The fourth-order valence-corrected chi connectivity index (χ4v) is 10.0. The van der Waals surface area contributed by atoms with Crippen LogP contribution in [-0.4, -0.2) is 14.4 Å². The first-order chi connectivity index (χ1) is 30.7. The molecule has 0 atom stereocenters. The molecule has 3 nitrogen and oxygen atoms in total. The number of hydrogen-bond donors (Lipinski definition) is 0. The van der Waals surface area contributed by atoms with Gasteiger partial charge in [0, 0.05) is 50.0 Å². The van der Waals surface area contributed by atoms with Gasteiger partial charge >= 0.3 is 0 Å². The van der Waals surface area contributed by atoms with E-state index in [4.69, 9.17) is 7.73 Å². The number of para-hydroxylation sites is 2. The molecule has 0 saturated carbocycles. The zero-order valence-electron chi connectivity index (χ0n) is 36.4. The first kappa shape index (κ1) is 37.3. The fraction of sp³-hybridized carbons (Fsp3) is 0.0877. The molecule has 0 aliphatic rings. The van der Waals surface area contributed by atoms with E-state index in [0.29, 0.717) is 5.56 Å². The summed E-state index contributed by atoms with van der Waals surface area (Å²) in [6, 6.07) is 68.3. The van der Waals surface area contributed by atoms with Crippen molar-refractivity contribution >= 4 is 91.1 Å². The molecule has 0 bridgehead atoms. The molecule has 1 radical (unpaired) electrons. The molecule has 0 unspecified atom stereocenters. The molecule has 0 amide bonds. The van der Waals surface area contributed by atoms with Crippen molar-refractivity contribution < 1.29 is 22.8 Å². The molecular weight excluding hydrogens is 951 g/mol. The third-order valence-electron chi connectivity index (χ3n) is 11.3. The minimum absolute atomic E-state index is 0. The summed E-state index contributed by atoms with van der Waals surface area (Å²) in [5, 5.41) is 12.3. The number of benzene rings is 8. The van der Waals surface area contributed by atoms with Gasteiger partial charge in [0.15, 0.2) is 0 Å². The van der Waals surface area contributed by atoms with Gasteiger partial charge in [-0.05, 0) is 90.2 Å². The quantitative estimate of drug-likeness (QED) is 0.165. The van der Waals surface area contributed by atoms with Crippen LogP contribution in [0.4, 0.5) is 0 Å². The van der Waals surface area contributed by atoms with Crippen molar-refractivity contribution in [3.05, 3.63) is 200 Å². The summed E-state index contributed by atoms with van der Waals surface area (Å²) < 4.78 is 21.5. The summed E-state index contributed by atoms with van der Waals surface area (Å²) in [4.78, 5) is 9.72. The molecule has 4 aromatic heterocycles. The van der Waals surface area contributed by atoms with Gasteiger partial charge in [-0.2, -0.15) is 11.3 Å². The van der Waals surface area contributed by atoms with Gasteiger partial charge < -0.3 is 9.38 Å². The van der Waals surface area contributed by atoms with Gasteiger partial charge in [-0.3, -0.25) is 4.98 Å². The van der Waals surface area contributed by atoms with Crippen LogP contribution in [0.15, 0.2) is 182 Å². The number of aromatic nitrogens is 3. The molecule has 0 aliphatic carbocycles. The Bertz CT molecular complexity index is 3770. The van der Waals surface area contributed by atoms with Crippen molar-refractivity contribution in [2.24, 2.45) is 5.41 Å². The maximum atomic E-state index is 8.31. The molecule has 62 heavy (non-hydrogen) atoms. The topological polar surface area (TPSA) is 30.2 Å². The first-order valence-electron chi connectivity index (χ1n) is 21.7. The smallest absolute Gasteiger partial charge is 0.0780 e. The number of hydrogen-bond acceptors (Lipinski definition) is 3. The number of rotatable bonds is 3. The number of thiophene rings is 1. The predicted molar refractivity (Wildman–Crippen MR) is 260 cm³/mol. The molecule has 301 valence electrons. The molecule has 0 N–H and O–H groups in total. The third kappa shape index (κ3) is 7.06. The molecule has 5 heteroatoms. The normalized spacial score (nSPS) is 12.4. The Morgan fingerprint density at radius 3 is 1.97 bits per heavy atom. The van der Waals surface area contributed by atoms with Crippen LogP contribution in [0.5, 0.6) is 0 Å². The molecule has 0 spiro atoms. The van der Waals surface area contributed by atoms with Crippen molar-refractivity contribution in [1.82, 2.24) is 14.4 Å². The SMILES string of the molecule is [2H]C([2H])(c1ccnc(-c2[c-]cccc2)c1)C(C)(C)C.[Ir].[c-]1ccc2c(sc3cc4ccccc4cc32)c1-c1nc2cccc3c4ccccc4c4ccccc4c4ccccc4n1c23. The number of imidazole rings is 1. The summed E-state index contributed by atoms with van der Waals surface area (Å²) in [5.41, 5.74) is 6.08. The Hall–Kier alpha value is -6.49. The second-order valence-corrected chi connectivity index (χ2v) is 17.6. The van der Waals surface area contributed by atoms with E-state index in [0.717, 1.165) is 39.2 Å².